The van der Waals surface area contributed by atoms with Crippen molar-refractivity contribution in [1.82, 2.24) is 4.90 Å². The molecule has 0 bridgehead atoms. The highest BCUT2D eigenvalue weighted by molar-refractivity contribution is 6.07. The summed E-state index contributed by atoms with van der Waals surface area (Å²) in [5.41, 5.74) is 7.60. The molecule has 0 saturated carbocycles. The highest BCUT2D eigenvalue weighted by atomic mass is 16.3. The number of nitrogens with zero attached hydrogens (tertiary/aromatic N) is 3. The fourth-order valence-corrected chi connectivity index (χ4v) is 2.84. The van der Waals surface area contributed by atoms with Crippen LogP contribution < -0.4 is 5.73 Å². The third-order valence-electron chi connectivity index (χ3n) is 4.39. The van der Waals surface area contributed by atoms with Gasteiger partial charge in [0.25, 0.3) is 0 Å². The van der Waals surface area contributed by atoms with Crippen molar-refractivity contribution < 1.29 is 19.5 Å². The summed E-state index contributed by atoms with van der Waals surface area (Å²) in [4.78, 5) is 36.5. The number of azo groups is 1. The number of carbonyl (C=O) groups is 3. The van der Waals surface area contributed by atoms with Crippen molar-refractivity contribution in [2.45, 2.75) is 19.3 Å². The van der Waals surface area contributed by atoms with Crippen LogP contribution in [0.1, 0.15) is 28.8 Å². The van der Waals surface area contributed by atoms with E-state index in [4.69, 9.17) is 5.73 Å². The van der Waals surface area contributed by atoms with Gasteiger partial charge in [-0.2, -0.15) is 5.11 Å². The number of rotatable bonds is 7. The second-order valence-electron chi connectivity index (χ2n) is 6.41. The zero-order valence-corrected chi connectivity index (χ0v) is 15.2. The molecule has 144 valence electrons. The maximum atomic E-state index is 12.3. The SMILES string of the molecule is NCCc1ccc(/N=N/c2ccc(C(=O)CN3C(=O)CCC3=O)cc2)c(O)c1. The molecule has 1 heterocycles. The summed E-state index contributed by atoms with van der Waals surface area (Å²) in [7, 11) is 0. The van der Waals surface area contributed by atoms with E-state index >= 15 is 0 Å². The zero-order chi connectivity index (χ0) is 20.1. The first kappa shape index (κ1) is 19.4. The van der Waals surface area contributed by atoms with E-state index in [0.29, 0.717) is 29.9 Å². The predicted molar refractivity (Wildman–Crippen MR) is 102 cm³/mol. The summed E-state index contributed by atoms with van der Waals surface area (Å²) in [5, 5.41) is 18.1. The molecule has 2 amide bonds. The van der Waals surface area contributed by atoms with Gasteiger partial charge in [0.15, 0.2) is 5.78 Å². The number of carbonyl (C=O) groups excluding carboxylic acids is 3. The lowest BCUT2D eigenvalue weighted by atomic mass is 10.1. The van der Waals surface area contributed by atoms with Crippen molar-refractivity contribution in [2.75, 3.05) is 13.1 Å². The molecule has 0 aromatic heterocycles. The molecule has 1 aliphatic rings. The Kier molecular flexibility index (Phi) is 5.90. The van der Waals surface area contributed by atoms with Crippen LogP contribution in [0.5, 0.6) is 5.75 Å². The van der Waals surface area contributed by atoms with Gasteiger partial charge in [-0.25, -0.2) is 0 Å². The highest BCUT2D eigenvalue weighted by Gasteiger charge is 2.30. The fraction of sp³-hybridized carbons (Fsp3) is 0.250. The molecule has 0 atom stereocenters. The molecule has 0 radical (unpaired) electrons. The van der Waals surface area contributed by atoms with Crippen molar-refractivity contribution in [3.8, 4) is 5.75 Å². The summed E-state index contributed by atoms with van der Waals surface area (Å²) in [6.45, 7) is 0.243. The van der Waals surface area contributed by atoms with Gasteiger partial charge in [-0.15, -0.1) is 5.11 Å². The lowest BCUT2D eigenvalue weighted by Crippen LogP contribution is -2.34. The highest BCUT2D eigenvalue weighted by Crippen LogP contribution is 2.29. The fourth-order valence-electron chi connectivity index (χ4n) is 2.84. The van der Waals surface area contributed by atoms with Crippen LogP contribution in [0.2, 0.25) is 0 Å². The average molecular weight is 380 g/mol. The first-order valence-corrected chi connectivity index (χ1v) is 8.88. The summed E-state index contributed by atoms with van der Waals surface area (Å²) in [6, 6.07) is 11.4. The van der Waals surface area contributed by atoms with Crippen LogP contribution in [-0.2, 0) is 16.0 Å². The van der Waals surface area contributed by atoms with Gasteiger partial charge < -0.3 is 10.8 Å². The van der Waals surface area contributed by atoms with Crippen molar-refractivity contribution in [3.63, 3.8) is 0 Å². The van der Waals surface area contributed by atoms with E-state index in [1.54, 1.807) is 36.4 Å². The Morgan fingerprint density at radius 3 is 2.32 bits per heavy atom. The first-order valence-electron chi connectivity index (χ1n) is 8.88. The molecular weight excluding hydrogens is 360 g/mol. The molecule has 28 heavy (non-hydrogen) atoms. The molecule has 2 aromatic rings. The molecule has 3 rings (SSSR count). The summed E-state index contributed by atoms with van der Waals surface area (Å²) in [5.74, 6) is -0.941. The topological polar surface area (TPSA) is 125 Å². The van der Waals surface area contributed by atoms with E-state index in [1.807, 2.05) is 6.07 Å². The van der Waals surface area contributed by atoms with Gasteiger partial charge in [0, 0.05) is 18.4 Å². The van der Waals surface area contributed by atoms with E-state index in [9.17, 15) is 19.5 Å². The van der Waals surface area contributed by atoms with Crippen LogP contribution in [0.15, 0.2) is 52.7 Å². The van der Waals surface area contributed by atoms with Crippen molar-refractivity contribution in [1.29, 1.82) is 0 Å². The van der Waals surface area contributed by atoms with Crippen LogP contribution >= 0.6 is 0 Å². The molecule has 1 aliphatic heterocycles. The standard InChI is InChI=1S/C20H20N4O4/c21-10-9-13-1-6-16(17(25)11-13)23-22-15-4-2-14(3-5-15)18(26)12-24-19(27)7-8-20(24)28/h1-6,11,25H,7-10,12,21H2/b23-22+. The average Bonchev–Trinajstić information content (AvgIpc) is 3.00. The number of phenols is 1. The molecule has 0 unspecified atom stereocenters. The number of phenolic OH excluding ortho intramolecular Hbond substituents is 1. The molecule has 1 fully saturated rings. The normalized spacial score (nSPS) is 14.2. The van der Waals surface area contributed by atoms with E-state index in [0.717, 1.165) is 10.5 Å². The number of imide groups is 1. The van der Waals surface area contributed by atoms with Crippen molar-refractivity contribution in [3.05, 3.63) is 53.6 Å². The van der Waals surface area contributed by atoms with Crippen LogP contribution in [0, 0.1) is 0 Å². The number of aromatic hydroxyl groups is 1. The van der Waals surface area contributed by atoms with E-state index in [-0.39, 0.29) is 42.7 Å². The van der Waals surface area contributed by atoms with Crippen molar-refractivity contribution >= 4 is 29.0 Å². The molecule has 1 saturated heterocycles. The second kappa shape index (κ2) is 8.53. The molecule has 8 nitrogen and oxygen atoms in total. The molecule has 0 aliphatic carbocycles. The number of ketones is 1. The van der Waals surface area contributed by atoms with E-state index in [2.05, 4.69) is 10.2 Å². The summed E-state index contributed by atoms with van der Waals surface area (Å²) in [6.07, 6.45) is 0.978. The van der Waals surface area contributed by atoms with Gasteiger partial charge in [-0.05, 0) is 54.9 Å². The Labute approximate surface area is 161 Å². The van der Waals surface area contributed by atoms with Crippen LogP contribution in [0.3, 0.4) is 0 Å². The Morgan fingerprint density at radius 2 is 1.71 bits per heavy atom. The largest absolute Gasteiger partial charge is 0.506 e. The lowest BCUT2D eigenvalue weighted by molar-refractivity contribution is -0.137. The molecule has 0 spiro atoms. The number of hydrogen-bond donors (Lipinski definition) is 2. The molecule has 2 aromatic carbocycles. The first-order chi connectivity index (χ1) is 13.5. The maximum Gasteiger partial charge on any atom is 0.230 e. The Hall–Kier alpha value is -3.39. The van der Waals surface area contributed by atoms with Gasteiger partial charge in [-0.1, -0.05) is 6.07 Å². The molecular formula is C20H20N4O4. The minimum Gasteiger partial charge on any atom is -0.506 e. The van der Waals surface area contributed by atoms with E-state index in [1.165, 1.54) is 0 Å². The Morgan fingerprint density at radius 1 is 1.04 bits per heavy atom. The Balaban J connectivity index is 1.65. The second-order valence-corrected chi connectivity index (χ2v) is 6.41. The van der Waals surface area contributed by atoms with Gasteiger partial charge in [0.2, 0.25) is 11.8 Å². The minimum atomic E-state index is -0.319. The van der Waals surface area contributed by atoms with Crippen molar-refractivity contribution in [2.24, 2.45) is 16.0 Å². The number of nitrogens with two attached hydrogens (primary N) is 1. The number of benzene rings is 2. The molecule has 3 N–H and O–H groups in total. The number of amides is 2. The molecule has 8 heteroatoms. The minimum absolute atomic E-state index is 0.0152. The van der Waals surface area contributed by atoms with Crippen LogP contribution in [0.25, 0.3) is 0 Å². The lowest BCUT2D eigenvalue weighted by Gasteiger charge is -2.12. The monoisotopic (exact) mass is 380 g/mol. The van der Waals surface area contributed by atoms with Gasteiger partial charge in [-0.3, -0.25) is 19.3 Å². The summed E-state index contributed by atoms with van der Waals surface area (Å²) < 4.78 is 0. The van der Waals surface area contributed by atoms with Gasteiger partial charge in [0.05, 0.1) is 12.2 Å². The van der Waals surface area contributed by atoms with Gasteiger partial charge >= 0.3 is 0 Å². The Bertz CT molecular complexity index is 922. The number of hydrogen-bond acceptors (Lipinski definition) is 7. The van der Waals surface area contributed by atoms with Crippen LogP contribution in [-0.4, -0.2) is 40.7 Å². The van der Waals surface area contributed by atoms with E-state index < -0.39 is 0 Å². The van der Waals surface area contributed by atoms with Gasteiger partial charge in [0.1, 0.15) is 11.4 Å². The zero-order valence-electron chi connectivity index (χ0n) is 15.2. The third-order valence-corrected chi connectivity index (χ3v) is 4.39. The number of Topliss-reactive ketones (excluding diaryl/α,β-unsaturated/α-hetero) is 1. The quantitative estimate of drug-likeness (QED) is 0.434. The maximum absolute atomic E-state index is 12.3. The predicted octanol–water partition coefficient (Wildman–Crippen LogP) is 2.64. The smallest absolute Gasteiger partial charge is 0.230 e. The van der Waals surface area contributed by atoms with Crippen LogP contribution in [0.4, 0.5) is 11.4 Å². The number of likely N-dealkylation sites (tertiary alicyclic amines) is 1. The summed E-state index contributed by atoms with van der Waals surface area (Å²) >= 11 is 0. The third kappa shape index (κ3) is 4.47.